The third kappa shape index (κ3) is 18.4. The lowest BCUT2D eigenvalue weighted by atomic mass is 9.87. The van der Waals surface area contributed by atoms with E-state index in [1.807, 2.05) is 50.2 Å². The number of carbonyl (C=O) groups excluding carboxylic acids is 1. The van der Waals surface area contributed by atoms with Gasteiger partial charge in [0.05, 0.1) is 0 Å². The number of terminal acetylenes is 1. The topological polar surface area (TPSA) is 20.3 Å². The van der Waals surface area contributed by atoms with Gasteiger partial charge in [0.15, 0.2) is 0 Å². The van der Waals surface area contributed by atoms with Crippen LogP contribution in [0.1, 0.15) is 104 Å². The number of allylic oxidation sites excluding steroid dienone is 4. The summed E-state index contributed by atoms with van der Waals surface area (Å²) in [5, 5.41) is 0. The summed E-state index contributed by atoms with van der Waals surface area (Å²) in [5.74, 6) is 0.401. The van der Waals surface area contributed by atoms with Crippen LogP contribution in [0.25, 0.3) is 0 Å². The van der Waals surface area contributed by atoms with Gasteiger partial charge in [0.2, 0.25) is 0 Å². The molecule has 2 heteroatoms. The van der Waals surface area contributed by atoms with Crippen LogP contribution in [0.2, 0.25) is 0 Å². The van der Waals surface area contributed by atoms with E-state index < -0.39 is 0 Å². The van der Waals surface area contributed by atoms with Crippen LogP contribution in [0.15, 0.2) is 84.5 Å². The van der Waals surface area contributed by atoms with Gasteiger partial charge in [-0.3, -0.25) is 4.79 Å². The Morgan fingerprint density at radius 1 is 0.842 bits per heavy atom. The van der Waals surface area contributed by atoms with Crippen LogP contribution in [-0.4, -0.2) is 30.3 Å². The standard InChI is InChI=1S/C16H31N.C16H16O.C2H6.C2H2/c1-5-10-16(11-6-2)12-9-15-17(13-7-3)14-8-4;1-13(17)12-16(14-8-4-2-5-9-14)15-10-6-3-7-11-15;2*1-2/h5,10-11H,6-9,12-15H2,1-4H3;2-11,16H,12H2,1H3;1-2H3;1-2H/b10-5-,16-11+;;;. The normalized spacial score (nSPS) is 10.7. The molecule has 2 aromatic rings. The van der Waals surface area contributed by atoms with E-state index >= 15 is 0 Å². The average Bonchev–Trinajstić information content (AvgIpc) is 2.95. The minimum atomic E-state index is 0.176. The number of Topliss-reactive ketones (excluding diaryl/α,β-unsaturated/α-hetero) is 1. The zero-order valence-electron chi connectivity index (χ0n) is 25.5. The van der Waals surface area contributed by atoms with Crippen LogP contribution < -0.4 is 0 Å². The van der Waals surface area contributed by atoms with E-state index in [4.69, 9.17) is 0 Å². The summed E-state index contributed by atoms with van der Waals surface area (Å²) < 4.78 is 0. The molecule has 0 aromatic heterocycles. The maximum Gasteiger partial charge on any atom is 0.130 e. The van der Waals surface area contributed by atoms with Gasteiger partial charge >= 0.3 is 0 Å². The summed E-state index contributed by atoms with van der Waals surface area (Å²) in [6.45, 7) is 18.3. The van der Waals surface area contributed by atoms with Gasteiger partial charge in [0.25, 0.3) is 0 Å². The Labute approximate surface area is 236 Å². The van der Waals surface area contributed by atoms with Crippen molar-refractivity contribution in [2.45, 2.75) is 92.9 Å². The third-order valence-electron chi connectivity index (χ3n) is 5.76. The van der Waals surface area contributed by atoms with Crippen molar-refractivity contribution in [1.29, 1.82) is 0 Å². The molecule has 0 amide bonds. The minimum absolute atomic E-state index is 0.176. The first-order chi connectivity index (χ1) is 18.5. The van der Waals surface area contributed by atoms with E-state index in [0.29, 0.717) is 6.42 Å². The van der Waals surface area contributed by atoms with Gasteiger partial charge in [0.1, 0.15) is 5.78 Å². The fraction of sp³-hybridized carbons (Fsp3) is 0.472. The summed E-state index contributed by atoms with van der Waals surface area (Å²) in [6, 6.07) is 20.4. The predicted octanol–water partition coefficient (Wildman–Crippen LogP) is 9.87. The van der Waals surface area contributed by atoms with E-state index in [0.717, 1.165) is 6.42 Å². The van der Waals surface area contributed by atoms with E-state index in [2.05, 4.69) is 87.9 Å². The molecule has 2 aromatic carbocycles. The van der Waals surface area contributed by atoms with Crippen LogP contribution in [0.4, 0.5) is 0 Å². The molecule has 0 saturated carbocycles. The summed E-state index contributed by atoms with van der Waals surface area (Å²) in [4.78, 5) is 14.0. The number of carbonyl (C=O) groups is 1. The quantitative estimate of drug-likeness (QED) is 0.183. The molecule has 0 spiro atoms. The molecule has 0 aliphatic heterocycles. The Hall–Kier alpha value is -2.89. The molecule has 2 rings (SSSR count). The highest BCUT2D eigenvalue weighted by molar-refractivity contribution is 5.77. The first kappa shape index (κ1) is 37.3. The first-order valence-corrected chi connectivity index (χ1v) is 14.5. The summed E-state index contributed by atoms with van der Waals surface area (Å²) >= 11 is 0. The SMILES string of the molecule is C#C.C/C=C\C(=C/CC)CCCN(CCC)CCC.CC.CC(=O)CC(c1ccccc1)c1ccccc1. The molecular weight excluding hydrogens is 462 g/mol. The summed E-state index contributed by atoms with van der Waals surface area (Å²) in [6.07, 6.45) is 21.5. The van der Waals surface area contributed by atoms with Crippen molar-refractivity contribution in [1.82, 2.24) is 4.90 Å². The number of ketones is 1. The molecule has 0 heterocycles. The second-order valence-electron chi connectivity index (χ2n) is 8.91. The van der Waals surface area contributed by atoms with Crippen molar-refractivity contribution >= 4 is 5.78 Å². The molecule has 38 heavy (non-hydrogen) atoms. The van der Waals surface area contributed by atoms with E-state index in [9.17, 15) is 4.79 Å². The van der Waals surface area contributed by atoms with Crippen LogP contribution in [0.5, 0.6) is 0 Å². The molecule has 0 fully saturated rings. The van der Waals surface area contributed by atoms with Gasteiger partial charge in [-0.15, -0.1) is 12.8 Å². The number of rotatable bonds is 14. The highest BCUT2D eigenvalue weighted by Crippen LogP contribution is 2.27. The Kier molecular flexibility index (Phi) is 26.6. The highest BCUT2D eigenvalue weighted by Gasteiger charge is 2.15. The monoisotopic (exact) mass is 517 g/mol. The zero-order valence-corrected chi connectivity index (χ0v) is 25.5. The summed E-state index contributed by atoms with van der Waals surface area (Å²) in [7, 11) is 0. The predicted molar refractivity (Wildman–Crippen MR) is 171 cm³/mol. The highest BCUT2D eigenvalue weighted by atomic mass is 16.1. The van der Waals surface area contributed by atoms with Gasteiger partial charge in [0, 0.05) is 12.3 Å². The second kappa shape index (κ2) is 27.2. The Morgan fingerprint density at radius 3 is 1.68 bits per heavy atom. The van der Waals surface area contributed by atoms with Crippen LogP contribution >= 0.6 is 0 Å². The molecule has 0 bridgehead atoms. The fourth-order valence-electron chi connectivity index (χ4n) is 4.29. The molecule has 210 valence electrons. The largest absolute Gasteiger partial charge is 0.303 e. The molecule has 0 unspecified atom stereocenters. The van der Waals surface area contributed by atoms with Gasteiger partial charge in [-0.2, -0.15) is 0 Å². The first-order valence-electron chi connectivity index (χ1n) is 14.5. The van der Waals surface area contributed by atoms with Crippen LogP contribution in [-0.2, 0) is 4.79 Å². The molecular formula is C36H55NO. The molecule has 2 nitrogen and oxygen atoms in total. The molecule has 0 N–H and O–H groups in total. The lowest BCUT2D eigenvalue weighted by Gasteiger charge is -2.20. The number of hydrogen-bond donors (Lipinski definition) is 0. The summed E-state index contributed by atoms with van der Waals surface area (Å²) in [5.41, 5.74) is 3.91. The van der Waals surface area contributed by atoms with Gasteiger partial charge < -0.3 is 4.90 Å². The fourth-order valence-corrected chi connectivity index (χ4v) is 4.29. The molecule has 0 saturated heterocycles. The minimum Gasteiger partial charge on any atom is -0.303 e. The lowest BCUT2D eigenvalue weighted by Crippen LogP contribution is -2.26. The number of benzene rings is 2. The third-order valence-corrected chi connectivity index (χ3v) is 5.76. The maximum atomic E-state index is 11.4. The molecule has 0 radical (unpaired) electrons. The van der Waals surface area contributed by atoms with E-state index in [1.54, 1.807) is 6.92 Å². The smallest absolute Gasteiger partial charge is 0.130 e. The van der Waals surface area contributed by atoms with Crippen molar-refractivity contribution in [2.24, 2.45) is 0 Å². The maximum absolute atomic E-state index is 11.4. The van der Waals surface area contributed by atoms with Crippen molar-refractivity contribution in [3.05, 3.63) is 95.6 Å². The Balaban J connectivity index is 0. The second-order valence-corrected chi connectivity index (χ2v) is 8.91. The number of hydrogen-bond acceptors (Lipinski definition) is 2. The van der Waals surface area contributed by atoms with E-state index in [-0.39, 0.29) is 11.7 Å². The number of nitrogens with zero attached hydrogens (tertiary/aromatic N) is 1. The lowest BCUT2D eigenvalue weighted by molar-refractivity contribution is -0.117. The molecule has 0 aliphatic carbocycles. The van der Waals surface area contributed by atoms with Crippen molar-refractivity contribution < 1.29 is 4.79 Å². The van der Waals surface area contributed by atoms with Crippen molar-refractivity contribution in [2.75, 3.05) is 19.6 Å². The Morgan fingerprint density at radius 2 is 1.32 bits per heavy atom. The van der Waals surface area contributed by atoms with Crippen molar-refractivity contribution in [3.8, 4) is 12.8 Å². The molecule has 0 aliphatic rings. The zero-order chi connectivity index (χ0) is 29.0. The average molecular weight is 518 g/mol. The van der Waals surface area contributed by atoms with Crippen LogP contribution in [0.3, 0.4) is 0 Å². The Bertz CT molecular complexity index is 818. The van der Waals surface area contributed by atoms with Gasteiger partial charge in [-0.25, -0.2) is 0 Å². The van der Waals surface area contributed by atoms with E-state index in [1.165, 1.54) is 62.0 Å². The van der Waals surface area contributed by atoms with Gasteiger partial charge in [-0.05, 0) is 76.7 Å². The molecule has 0 atom stereocenters. The van der Waals surface area contributed by atoms with Gasteiger partial charge in [-0.1, -0.05) is 119 Å². The van der Waals surface area contributed by atoms with Crippen molar-refractivity contribution in [3.63, 3.8) is 0 Å². The van der Waals surface area contributed by atoms with Crippen LogP contribution in [0, 0.1) is 12.8 Å².